The Bertz CT molecular complexity index is 1060. The molecule has 1 amide bonds. The Labute approximate surface area is 192 Å². The van der Waals surface area contributed by atoms with Crippen LogP contribution in [-0.2, 0) is 19.1 Å². The lowest BCUT2D eigenvalue weighted by atomic mass is 9.94. The lowest BCUT2D eigenvalue weighted by Crippen LogP contribution is -2.60. The highest BCUT2D eigenvalue weighted by Crippen LogP contribution is 2.44. The summed E-state index contributed by atoms with van der Waals surface area (Å²) in [6.45, 7) is 4.78. The largest absolute Gasteiger partial charge is 0.479 e. The van der Waals surface area contributed by atoms with Gasteiger partial charge in [0.05, 0.1) is 0 Å². The lowest BCUT2D eigenvalue weighted by Gasteiger charge is -2.34. The van der Waals surface area contributed by atoms with Crippen molar-refractivity contribution in [2.75, 3.05) is 13.2 Å². The van der Waals surface area contributed by atoms with Gasteiger partial charge >= 0.3 is 18.0 Å². The number of carbonyl (C=O) groups is 3. The first-order valence-corrected chi connectivity index (χ1v) is 10.9. The summed E-state index contributed by atoms with van der Waals surface area (Å²) in [5, 5.41) is 10.0. The number of ether oxygens (including phenoxy) is 2. The van der Waals surface area contributed by atoms with E-state index in [1.165, 1.54) is 0 Å². The Morgan fingerprint density at radius 3 is 2.12 bits per heavy atom. The molecule has 1 aliphatic carbocycles. The Balaban J connectivity index is 1.59. The predicted octanol–water partition coefficient (Wildman–Crippen LogP) is 3.13. The summed E-state index contributed by atoms with van der Waals surface area (Å²) in [4.78, 5) is 39.3. The number of hydrogen-bond donors (Lipinski definition) is 2. The summed E-state index contributed by atoms with van der Waals surface area (Å²) in [5.74, 6) is -2.71. The molecule has 8 heteroatoms. The van der Waals surface area contributed by atoms with Crippen LogP contribution in [0.1, 0.15) is 44.2 Å². The van der Waals surface area contributed by atoms with Crippen molar-refractivity contribution in [1.82, 2.24) is 4.90 Å². The smallest absolute Gasteiger partial charge is 0.411 e. The number of rotatable bonds is 4. The number of likely N-dealkylation sites (tertiary alicyclic amines) is 1. The van der Waals surface area contributed by atoms with Gasteiger partial charge in [-0.3, -0.25) is 4.90 Å². The van der Waals surface area contributed by atoms with E-state index < -0.39 is 35.2 Å². The molecule has 0 unspecified atom stereocenters. The van der Waals surface area contributed by atoms with E-state index >= 15 is 0 Å². The fraction of sp³-hybridized carbons (Fsp3) is 0.400. The van der Waals surface area contributed by atoms with Crippen LogP contribution in [0.5, 0.6) is 0 Å². The molecule has 2 aliphatic rings. The van der Waals surface area contributed by atoms with Crippen LogP contribution in [0, 0.1) is 0 Å². The van der Waals surface area contributed by atoms with E-state index in [1.54, 1.807) is 20.8 Å². The monoisotopic (exact) mass is 452 g/mol. The van der Waals surface area contributed by atoms with Gasteiger partial charge in [-0.1, -0.05) is 48.5 Å². The minimum atomic E-state index is -2.23. The van der Waals surface area contributed by atoms with Gasteiger partial charge in [0.25, 0.3) is 0 Å². The van der Waals surface area contributed by atoms with Crippen molar-refractivity contribution < 1.29 is 29.0 Å². The average molecular weight is 453 g/mol. The summed E-state index contributed by atoms with van der Waals surface area (Å²) >= 11 is 0. The molecule has 2 atom stereocenters. The molecule has 1 heterocycles. The SMILES string of the molecule is CC(C)(C)OC(=O)[C@@]1(C(=O)O)C[C@H](N)CN1C(=O)OCC1c2ccccc2-c2ccccc21. The zero-order valence-electron chi connectivity index (χ0n) is 18.9. The zero-order valence-corrected chi connectivity index (χ0v) is 18.9. The second kappa shape index (κ2) is 8.19. The molecule has 174 valence electrons. The van der Waals surface area contributed by atoms with E-state index in [9.17, 15) is 19.5 Å². The molecule has 0 spiro atoms. The maximum atomic E-state index is 13.1. The number of benzene rings is 2. The van der Waals surface area contributed by atoms with Gasteiger partial charge in [0.2, 0.25) is 5.54 Å². The fourth-order valence-corrected chi connectivity index (χ4v) is 4.69. The third-order valence-corrected chi connectivity index (χ3v) is 6.08. The molecular formula is C25H28N2O6. The number of carboxylic acid groups (broad SMARTS) is 1. The van der Waals surface area contributed by atoms with Gasteiger partial charge in [0, 0.05) is 24.9 Å². The van der Waals surface area contributed by atoms with Crippen molar-refractivity contribution in [3.63, 3.8) is 0 Å². The minimum Gasteiger partial charge on any atom is -0.479 e. The third kappa shape index (κ3) is 3.95. The summed E-state index contributed by atoms with van der Waals surface area (Å²) in [5.41, 5.74) is 7.05. The number of carbonyl (C=O) groups excluding carboxylic acids is 2. The van der Waals surface area contributed by atoms with Crippen molar-refractivity contribution in [3.05, 3.63) is 59.7 Å². The Morgan fingerprint density at radius 2 is 1.61 bits per heavy atom. The number of hydrogen-bond acceptors (Lipinski definition) is 6. The van der Waals surface area contributed by atoms with Crippen LogP contribution in [-0.4, -0.2) is 58.4 Å². The van der Waals surface area contributed by atoms with E-state index in [0.29, 0.717) is 0 Å². The van der Waals surface area contributed by atoms with Crippen LogP contribution in [0.15, 0.2) is 48.5 Å². The van der Waals surface area contributed by atoms with E-state index in [4.69, 9.17) is 15.2 Å². The molecule has 4 rings (SSSR count). The van der Waals surface area contributed by atoms with Crippen molar-refractivity contribution in [3.8, 4) is 11.1 Å². The molecule has 33 heavy (non-hydrogen) atoms. The highest BCUT2D eigenvalue weighted by Gasteiger charge is 2.61. The molecule has 8 nitrogen and oxygen atoms in total. The molecule has 0 radical (unpaired) electrons. The molecular weight excluding hydrogens is 424 g/mol. The molecule has 1 fully saturated rings. The zero-order chi connectivity index (χ0) is 24.0. The Kier molecular flexibility index (Phi) is 5.66. The first-order valence-electron chi connectivity index (χ1n) is 10.9. The summed E-state index contributed by atoms with van der Waals surface area (Å²) < 4.78 is 11.0. The minimum absolute atomic E-state index is 0.00259. The molecule has 0 aromatic heterocycles. The normalized spacial score (nSPS) is 21.9. The number of nitrogens with zero attached hydrogens (tertiary/aromatic N) is 1. The van der Waals surface area contributed by atoms with E-state index in [1.807, 2.05) is 48.5 Å². The summed E-state index contributed by atoms with van der Waals surface area (Å²) in [6, 6.07) is 15.1. The number of nitrogens with two attached hydrogens (primary N) is 1. The Hall–Kier alpha value is -3.39. The molecule has 3 N–H and O–H groups in total. The highest BCUT2D eigenvalue weighted by atomic mass is 16.6. The van der Waals surface area contributed by atoms with Gasteiger partial charge in [-0.15, -0.1) is 0 Å². The second-order valence-electron chi connectivity index (χ2n) is 9.55. The van der Waals surface area contributed by atoms with Gasteiger partial charge in [-0.05, 0) is 43.0 Å². The first-order chi connectivity index (χ1) is 15.5. The van der Waals surface area contributed by atoms with Crippen LogP contribution in [0.4, 0.5) is 4.79 Å². The number of esters is 1. The molecule has 2 aromatic rings. The molecule has 1 aliphatic heterocycles. The lowest BCUT2D eigenvalue weighted by molar-refractivity contribution is -0.176. The summed E-state index contributed by atoms with van der Waals surface area (Å²) in [7, 11) is 0. The fourth-order valence-electron chi connectivity index (χ4n) is 4.69. The van der Waals surface area contributed by atoms with Crippen molar-refractivity contribution in [1.29, 1.82) is 0 Å². The maximum Gasteiger partial charge on any atom is 0.411 e. The number of fused-ring (bicyclic) bond motifs is 3. The van der Waals surface area contributed by atoms with Crippen LogP contribution in [0.2, 0.25) is 0 Å². The standard InChI is InChI=1S/C25H28N2O6/c1-24(2,3)33-22(30)25(21(28)29)12-15(26)13-27(25)23(31)32-14-20-18-10-6-4-8-16(18)17-9-5-7-11-19(17)20/h4-11,15,20H,12-14,26H2,1-3H3,(H,28,29)/t15-,25-/m0/s1. The van der Waals surface area contributed by atoms with Gasteiger partial charge in [-0.2, -0.15) is 0 Å². The predicted molar refractivity (Wildman–Crippen MR) is 121 cm³/mol. The van der Waals surface area contributed by atoms with E-state index in [0.717, 1.165) is 27.2 Å². The van der Waals surface area contributed by atoms with Crippen LogP contribution < -0.4 is 5.73 Å². The van der Waals surface area contributed by atoms with Crippen molar-refractivity contribution in [2.45, 2.75) is 50.3 Å². The van der Waals surface area contributed by atoms with E-state index in [2.05, 4.69) is 0 Å². The third-order valence-electron chi connectivity index (χ3n) is 6.08. The van der Waals surface area contributed by atoms with E-state index in [-0.39, 0.29) is 25.5 Å². The van der Waals surface area contributed by atoms with Gasteiger partial charge in [0.1, 0.15) is 12.2 Å². The quantitative estimate of drug-likeness (QED) is 0.540. The molecule has 0 saturated carbocycles. The average Bonchev–Trinajstić information content (AvgIpc) is 3.27. The van der Waals surface area contributed by atoms with Crippen LogP contribution in [0.25, 0.3) is 11.1 Å². The van der Waals surface area contributed by atoms with Crippen molar-refractivity contribution in [2.24, 2.45) is 5.73 Å². The second-order valence-corrected chi connectivity index (χ2v) is 9.55. The molecule has 1 saturated heterocycles. The molecule has 2 aromatic carbocycles. The van der Waals surface area contributed by atoms with Gasteiger partial charge < -0.3 is 20.3 Å². The van der Waals surface area contributed by atoms with Crippen molar-refractivity contribution >= 4 is 18.0 Å². The number of amides is 1. The number of aliphatic carboxylic acids is 1. The topological polar surface area (TPSA) is 119 Å². The summed E-state index contributed by atoms with van der Waals surface area (Å²) in [6.07, 6.45) is -1.15. The van der Waals surface area contributed by atoms with Gasteiger partial charge in [0.15, 0.2) is 0 Å². The first kappa shape index (κ1) is 22.8. The highest BCUT2D eigenvalue weighted by molar-refractivity contribution is 6.07. The van der Waals surface area contributed by atoms with Crippen LogP contribution >= 0.6 is 0 Å². The van der Waals surface area contributed by atoms with Crippen LogP contribution in [0.3, 0.4) is 0 Å². The number of carboxylic acids is 1. The molecule has 0 bridgehead atoms. The maximum absolute atomic E-state index is 13.1. The Morgan fingerprint density at radius 1 is 1.06 bits per heavy atom. The van der Waals surface area contributed by atoms with Gasteiger partial charge in [-0.25, -0.2) is 14.4 Å².